The van der Waals surface area contributed by atoms with E-state index < -0.39 is 0 Å². The van der Waals surface area contributed by atoms with Gasteiger partial charge >= 0.3 is 0 Å². The van der Waals surface area contributed by atoms with E-state index in [1.54, 1.807) is 0 Å². The van der Waals surface area contributed by atoms with Gasteiger partial charge in [-0.25, -0.2) is 0 Å². The van der Waals surface area contributed by atoms with Crippen molar-refractivity contribution in [2.24, 2.45) is 23.7 Å². The van der Waals surface area contributed by atoms with Gasteiger partial charge in [0.15, 0.2) is 10.9 Å². The molecule has 18 rings (SSSR count). The van der Waals surface area contributed by atoms with Gasteiger partial charge < -0.3 is 8.80 Å². The van der Waals surface area contributed by atoms with Crippen molar-refractivity contribution < 1.29 is 0 Å². The molecule has 0 aliphatic heterocycles. The molecule has 54 heavy (non-hydrogen) atoms. The van der Waals surface area contributed by atoms with E-state index in [-0.39, 0.29) is 10.9 Å². The van der Waals surface area contributed by atoms with Crippen LogP contribution < -0.4 is 10.9 Å². The first-order chi connectivity index (χ1) is 26.6. The maximum Gasteiger partial charge on any atom is 0.198 e. The number of rotatable bonds is 0. The van der Waals surface area contributed by atoms with Crippen LogP contribution in [0, 0.1) is 23.7 Å². The van der Waals surface area contributed by atoms with Crippen molar-refractivity contribution in [1.82, 2.24) is 18.8 Å². The molecule has 4 fully saturated rings. The van der Waals surface area contributed by atoms with Crippen molar-refractivity contribution in [3.05, 3.63) is 91.8 Å². The van der Waals surface area contributed by atoms with Gasteiger partial charge in [0, 0.05) is 66.3 Å². The lowest BCUT2D eigenvalue weighted by molar-refractivity contribution is 0.165. The van der Waals surface area contributed by atoms with Gasteiger partial charge in [-0.3, -0.25) is 19.6 Å². The van der Waals surface area contributed by atoms with Crippen LogP contribution in [0.4, 0.5) is 0 Å². The van der Waals surface area contributed by atoms with Crippen molar-refractivity contribution in [3.8, 4) is 0 Å². The van der Waals surface area contributed by atoms with Gasteiger partial charge in [0.05, 0.1) is 56.3 Å². The fraction of sp³-hybridized carbons (Fsp3) is 0.375. The van der Waals surface area contributed by atoms with Crippen molar-refractivity contribution in [2.75, 3.05) is 0 Å². The Hall–Kier alpha value is -5.10. The SMILES string of the molecule is O=c1c2cccc3c4cccc5c(=O)c6c7c8c9c(ncc8n8c%10cnc%11c(c%10c(c1c6n(c23)c54)c78)C1CC2CC(CC%11C2)C1)C1CC2CC(C1)CC9C2. The number of pyridine rings is 4. The molecule has 260 valence electrons. The standard InChI is InChI=1S/C48H36N4O2/c53-47-29-5-1-3-27-28-4-2-6-30-44(28)52(43(27)29)46-39(47)37-35-31(17-49-41-25-13-19-7-20(14-25)10-23(9-19)33(35)41)51-32-18-50-42-26-15-21-8-22(16-26)12-24(11-21)34(42)36(32)38(45(37)51)40(46)48(30)54/h1-6,17-26H,7-16H2. The maximum atomic E-state index is 15.6. The Morgan fingerprint density at radius 1 is 0.426 bits per heavy atom. The fourth-order valence-electron chi connectivity index (χ4n) is 15.5. The Morgan fingerprint density at radius 3 is 1.30 bits per heavy atom. The van der Waals surface area contributed by atoms with E-state index in [9.17, 15) is 0 Å². The van der Waals surface area contributed by atoms with Crippen LogP contribution in [0.15, 0.2) is 58.4 Å². The Morgan fingerprint density at radius 2 is 0.833 bits per heavy atom. The van der Waals surface area contributed by atoms with Crippen LogP contribution in [0.1, 0.15) is 110 Å². The van der Waals surface area contributed by atoms with E-state index in [1.165, 1.54) is 97.5 Å². The molecule has 4 unspecified atom stereocenters. The van der Waals surface area contributed by atoms with Crippen molar-refractivity contribution in [2.45, 2.75) is 87.9 Å². The first-order valence-electron chi connectivity index (χ1n) is 20.8. The smallest absolute Gasteiger partial charge is 0.198 e. The summed E-state index contributed by atoms with van der Waals surface area (Å²) in [6, 6.07) is 12.4. The molecule has 8 aliphatic carbocycles. The highest BCUT2D eigenvalue weighted by molar-refractivity contribution is 6.40. The van der Waals surface area contributed by atoms with Gasteiger partial charge in [-0.1, -0.05) is 24.3 Å². The summed E-state index contributed by atoms with van der Waals surface area (Å²) < 4.78 is 4.81. The second-order valence-corrected chi connectivity index (χ2v) is 19.2. The summed E-state index contributed by atoms with van der Waals surface area (Å²) in [6.45, 7) is 0. The van der Waals surface area contributed by atoms with E-state index in [0.717, 1.165) is 99.9 Å². The molecule has 7 heterocycles. The molecular weight excluding hydrogens is 665 g/mol. The average Bonchev–Trinajstić information content (AvgIpc) is 3.73. The summed E-state index contributed by atoms with van der Waals surface area (Å²) in [7, 11) is 0. The van der Waals surface area contributed by atoms with Gasteiger partial charge in [-0.05, 0) is 123 Å². The molecule has 4 atom stereocenters. The monoisotopic (exact) mass is 700 g/mol. The lowest BCUT2D eigenvalue weighted by Crippen LogP contribution is -2.25. The van der Waals surface area contributed by atoms with E-state index in [1.807, 2.05) is 24.3 Å². The molecule has 10 aromatic rings. The number of nitrogens with zero attached hydrogens (tertiary/aromatic N) is 4. The Labute approximate surface area is 308 Å². The van der Waals surface area contributed by atoms with Crippen LogP contribution in [0.3, 0.4) is 0 Å². The predicted octanol–water partition coefficient (Wildman–Crippen LogP) is 10.3. The number of fused-ring (bicyclic) bond motifs is 9. The first kappa shape index (κ1) is 27.5. The Balaban J connectivity index is 1.25. The van der Waals surface area contributed by atoms with Crippen LogP contribution in [0.5, 0.6) is 0 Å². The highest BCUT2D eigenvalue weighted by Gasteiger charge is 2.47. The minimum Gasteiger partial charge on any atom is -0.306 e. The number of aromatic nitrogens is 4. The predicted molar refractivity (Wildman–Crippen MR) is 215 cm³/mol. The third-order valence-corrected chi connectivity index (χ3v) is 16.7. The Kier molecular flexibility index (Phi) is 4.36. The quantitative estimate of drug-likeness (QED) is 0.117. The summed E-state index contributed by atoms with van der Waals surface area (Å²) in [5.74, 6) is 4.91. The number of benzene rings is 3. The molecule has 0 spiro atoms. The summed E-state index contributed by atoms with van der Waals surface area (Å²) in [4.78, 5) is 42.0. The second kappa shape index (κ2) is 8.57. The highest BCUT2D eigenvalue weighted by Crippen LogP contribution is 2.61. The maximum absolute atomic E-state index is 15.6. The summed E-state index contributed by atoms with van der Waals surface area (Å²) in [5, 5.41) is 9.71. The van der Waals surface area contributed by atoms with Crippen LogP contribution in [-0.2, 0) is 0 Å². The van der Waals surface area contributed by atoms with E-state index in [0.29, 0.717) is 23.7 Å². The molecule has 0 saturated heterocycles. The minimum absolute atomic E-state index is 0.0582. The third-order valence-electron chi connectivity index (χ3n) is 16.7. The molecule has 0 radical (unpaired) electrons. The molecule has 8 bridgehead atoms. The van der Waals surface area contributed by atoms with Gasteiger partial charge in [-0.15, -0.1) is 0 Å². The normalized spacial score (nSPS) is 30.0. The van der Waals surface area contributed by atoms with Crippen molar-refractivity contribution in [1.29, 1.82) is 0 Å². The molecule has 6 nitrogen and oxygen atoms in total. The molecule has 7 aromatic heterocycles. The van der Waals surface area contributed by atoms with Crippen molar-refractivity contribution in [3.63, 3.8) is 0 Å². The lowest BCUT2D eigenvalue weighted by atomic mass is 9.67. The van der Waals surface area contributed by atoms with E-state index in [2.05, 4.69) is 33.3 Å². The Bertz CT molecular complexity index is 3270. The number of para-hydroxylation sites is 2. The van der Waals surface area contributed by atoms with Gasteiger partial charge in [-0.2, -0.15) is 0 Å². The number of hydrogen-bond donors (Lipinski definition) is 0. The molecule has 3 aromatic carbocycles. The van der Waals surface area contributed by atoms with Crippen LogP contribution in [0.25, 0.3) is 87.0 Å². The summed E-state index contributed by atoms with van der Waals surface area (Å²) in [5.41, 5.74) is 11.6. The molecule has 0 N–H and O–H groups in total. The lowest BCUT2D eigenvalue weighted by Gasteiger charge is -2.38. The zero-order valence-corrected chi connectivity index (χ0v) is 29.9. The van der Waals surface area contributed by atoms with Crippen molar-refractivity contribution >= 4 is 87.0 Å². The van der Waals surface area contributed by atoms with Crippen LogP contribution in [-0.4, -0.2) is 18.8 Å². The molecule has 0 amide bonds. The van der Waals surface area contributed by atoms with Gasteiger partial charge in [0.1, 0.15) is 0 Å². The zero-order valence-electron chi connectivity index (χ0n) is 29.9. The number of hydrogen-bond acceptors (Lipinski definition) is 4. The van der Waals surface area contributed by atoms with Gasteiger partial charge in [0.2, 0.25) is 0 Å². The molecule has 8 aliphatic rings. The largest absolute Gasteiger partial charge is 0.306 e. The van der Waals surface area contributed by atoms with Crippen LogP contribution >= 0.6 is 0 Å². The molecule has 4 saturated carbocycles. The fourth-order valence-corrected chi connectivity index (χ4v) is 15.5. The molecular formula is C48H36N4O2. The highest BCUT2D eigenvalue weighted by atomic mass is 16.1. The first-order valence-corrected chi connectivity index (χ1v) is 20.8. The van der Waals surface area contributed by atoms with E-state index in [4.69, 9.17) is 9.97 Å². The minimum atomic E-state index is 0.0582. The third kappa shape index (κ3) is 2.77. The molecule has 6 heteroatoms. The zero-order chi connectivity index (χ0) is 34.6. The summed E-state index contributed by atoms with van der Waals surface area (Å²) in [6.07, 6.45) is 16.9. The average molecular weight is 701 g/mol. The topological polar surface area (TPSA) is 68.7 Å². The van der Waals surface area contributed by atoms with E-state index >= 15 is 9.59 Å². The summed E-state index contributed by atoms with van der Waals surface area (Å²) >= 11 is 0. The van der Waals surface area contributed by atoms with Crippen LogP contribution in [0.2, 0.25) is 0 Å². The second-order valence-electron chi connectivity index (χ2n) is 19.2. The van der Waals surface area contributed by atoms with Gasteiger partial charge in [0.25, 0.3) is 0 Å².